The normalized spacial score (nSPS) is 19.0. The molecule has 1 heterocycles. The molecule has 3 nitrogen and oxygen atoms in total. The van der Waals surface area contributed by atoms with Crippen molar-refractivity contribution in [3.63, 3.8) is 0 Å². The highest BCUT2D eigenvalue weighted by atomic mass is 79.9. The maximum Gasteiger partial charge on any atom is 0.410 e. The highest BCUT2D eigenvalue weighted by Crippen LogP contribution is 2.21. The second-order valence-electron chi connectivity index (χ2n) is 6.57. The Morgan fingerprint density at radius 3 is 2.70 bits per heavy atom. The average molecular weight is 382 g/mol. The van der Waals surface area contributed by atoms with Crippen LogP contribution in [0.15, 0.2) is 30.3 Å². The lowest BCUT2D eigenvalue weighted by molar-refractivity contribution is 0.152. The molecule has 1 saturated heterocycles. The van der Waals surface area contributed by atoms with Gasteiger partial charge in [0.15, 0.2) is 0 Å². The van der Waals surface area contributed by atoms with Crippen LogP contribution in [0.25, 0.3) is 0 Å². The monoisotopic (exact) mass is 381 g/mol. The molecule has 1 amide bonds. The molecule has 0 N–H and O–H groups in total. The van der Waals surface area contributed by atoms with Crippen molar-refractivity contribution in [1.29, 1.82) is 0 Å². The van der Waals surface area contributed by atoms with Gasteiger partial charge in [0.1, 0.15) is 6.61 Å². The van der Waals surface area contributed by atoms with E-state index in [1.54, 1.807) is 0 Å². The molecule has 0 saturated carbocycles. The van der Waals surface area contributed by atoms with Gasteiger partial charge in [-0.05, 0) is 30.7 Å². The Balaban J connectivity index is 1.78. The molecule has 128 valence electrons. The van der Waals surface area contributed by atoms with E-state index in [0.717, 1.165) is 18.3 Å². The van der Waals surface area contributed by atoms with Crippen molar-refractivity contribution in [3.05, 3.63) is 35.9 Å². The van der Waals surface area contributed by atoms with E-state index in [1.165, 1.54) is 37.7 Å². The Hall–Kier alpha value is -1.03. The minimum atomic E-state index is -0.142. The summed E-state index contributed by atoms with van der Waals surface area (Å²) in [6, 6.07) is 10.5. The number of nitrogens with zero attached hydrogens (tertiary/aromatic N) is 1. The number of amides is 1. The van der Waals surface area contributed by atoms with Crippen LogP contribution in [0.3, 0.4) is 0 Å². The lowest BCUT2D eigenvalue weighted by Crippen LogP contribution is -2.38. The van der Waals surface area contributed by atoms with Crippen LogP contribution in [-0.2, 0) is 11.2 Å². The topological polar surface area (TPSA) is 29.5 Å². The van der Waals surface area contributed by atoms with Crippen LogP contribution in [-0.4, -0.2) is 35.5 Å². The smallest absolute Gasteiger partial charge is 0.410 e. The van der Waals surface area contributed by atoms with E-state index < -0.39 is 0 Å². The molecule has 4 heteroatoms. The minimum absolute atomic E-state index is 0.142. The summed E-state index contributed by atoms with van der Waals surface area (Å²) in [5, 5.41) is 1.10. The van der Waals surface area contributed by atoms with Gasteiger partial charge in [-0.1, -0.05) is 72.4 Å². The molecule has 1 aliphatic rings. The number of hydrogen-bond acceptors (Lipinski definition) is 2. The van der Waals surface area contributed by atoms with Crippen molar-refractivity contribution in [1.82, 2.24) is 4.90 Å². The Kier molecular flexibility index (Phi) is 7.93. The van der Waals surface area contributed by atoms with Gasteiger partial charge in [-0.2, -0.15) is 0 Å². The Morgan fingerprint density at radius 2 is 1.96 bits per heavy atom. The van der Waals surface area contributed by atoms with E-state index in [1.807, 2.05) is 23.1 Å². The van der Waals surface area contributed by atoms with E-state index in [2.05, 4.69) is 35.0 Å². The van der Waals surface area contributed by atoms with E-state index in [-0.39, 0.29) is 12.1 Å². The summed E-state index contributed by atoms with van der Waals surface area (Å²) < 4.78 is 5.29. The Bertz CT molecular complexity index is 466. The summed E-state index contributed by atoms with van der Waals surface area (Å²) in [4.78, 5) is 14.0. The van der Waals surface area contributed by atoms with Gasteiger partial charge in [0.2, 0.25) is 0 Å². The molecule has 23 heavy (non-hydrogen) atoms. The first-order chi connectivity index (χ1) is 11.2. The number of halogens is 1. The standard InChI is InChI=1S/C19H28BrNO2/c1-16(9-5-2-3-8-12-20)14-21-18(15-23-19(21)22)13-17-10-6-4-7-11-17/h4,6-7,10-11,16,18H,2-3,5,8-9,12-15H2,1H3/t16?,18-/m1/s1. The third-order valence-electron chi connectivity index (χ3n) is 4.48. The number of carbonyl (C=O) groups excluding carboxylic acids is 1. The van der Waals surface area contributed by atoms with Gasteiger partial charge in [0, 0.05) is 11.9 Å². The molecule has 1 aliphatic heterocycles. The van der Waals surface area contributed by atoms with Crippen LogP contribution < -0.4 is 0 Å². The van der Waals surface area contributed by atoms with Gasteiger partial charge in [-0.3, -0.25) is 0 Å². The molecule has 0 aromatic heterocycles. The maximum absolute atomic E-state index is 12.0. The van der Waals surface area contributed by atoms with Gasteiger partial charge >= 0.3 is 6.09 Å². The average Bonchev–Trinajstić information content (AvgIpc) is 2.89. The zero-order chi connectivity index (χ0) is 16.5. The fraction of sp³-hybridized carbons (Fsp3) is 0.632. The second-order valence-corrected chi connectivity index (χ2v) is 7.36. The summed E-state index contributed by atoms with van der Waals surface area (Å²) in [6.45, 7) is 3.58. The van der Waals surface area contributed by atoms with Crippen LogP contribution >= 0.6 is 15.9 Å². The first-order valence-electron chi connectivity index (χ1n) is 8.74. The number of rotatable bonds is 10. The van der Waals surface area contributed by atoms with Gasteiger partial charge in [-0.25, -0.2) is 4.79 Å². The maximum atomic E-state index is 12.0. The molecule has 1 aromatic rings. The summed E-state index contributed by atoms with van der Waals surface area (Å²) in [5.41, 5.74) is 1.27. The number of hydrogen-bond donors (Lipinski definition) is 0. The third-order valence-corrected chi connectivity index (χ3v) is 5.04. The Labute approximate surface area is 148 Å². The van der Waals surface area contributed by atoms with Crippen molar-refractivity contribution in [3.8, 4) is 0 Å². The van der Waals surface area contributed by atoms with Crippen molar-refractivity contribution in [2.24, 2.45) is 5.92 Å². The Morgan fingerprint density at radius 1 is 1.22 bits per heavy atom. The summed E-state index contributed by atoms with van der Waals surface area (Å²) >= 11 is 3.47. The zero-order valence-electron chi connectivity index (χ0n) is 14.0. The van der Waals surface area contributed by atoms with Crippen molar-refractivity contribution in [2.75, 3.05) is 18.5 Å². The molecule has 1 fully saturated rings. The number of carbonyl (C=O) groups is 1. The lowest BCUT2D eigenvalue weighted by atomic mass is 10.0. The molecule has 1 aromatic carbocycles. The molecule has 2 rings (SSSR count). The molecule has 0 spiro atoms. The van der Waals surface area contributed by atoms with Crippen molar-refractivity contribution in [2.45, 2.75) is 51.5 Å². The zero-order valence-corrected chi connectivity index (χ0v) is 15.6. The lowest BCUT2D eigenvalue weighted by Gasteiger charge is -2.25. The van der Waals surface area contributed by atoms with Crippen molar-refractivity contribution >= 4 is 22.0 Å². The van der Waals surface area contributed by atoms with Crippen LogP contribution in [0, 0.1) is 5.92 Å². The molecular formula is C19H28BrNO2. The fourth-order valence-corrected chi connectivity index (χ4v) is 3.53. The minimum Gasteiger partial charge on any atom is -0.447 e. The summed E-state index contributed by atoms with van der Waals surface area (Å²) in [7, 11) is 0. The number of ether oxygens (including phenoxy) is 1. The first kappa shape index (κ1) is 18.3. The number of unbranched alkanes of at least 4 members (excludes halogenated alkanes) is 3. The van der Waals surface area contributed by atoms with Crippen molar-refractivity contribution < 1.29 is 9.53 Å². The number of cyclic esters (lactones) is 1. The largest absolute Gasteiger partial charge is 0.447 e. The van der Waals surface area contributed by atoms with Crippen LogP contribution in [0.5, 0.6) is 0 Å². The molecule has 0 radical (unpaired) electrons. The van der Waals surface area contributed by atoms with Crippen LogP contribution in [0.4, 0.5) is 4.79 Å². The van der Waals surface area contributed by atoms with E-state index in [0.29, 0.717) is 12.5 Å². The molecule has 0 aliphatic carbocycles. The van der Waals surface area contributed by atoms with Gasteiger partial charge in [0.05, 0.1) is 6.04 Å². The van der Waals surface area contributed by atoms with E-state index in [4.69, 9.17) is 4.74 Å². The van der Waals surface area contributed by atoms with Gasteiger partial charge in [-0.15, -0.1) is 0 Å². The van der Waals surface area contributed by atoms with Crippen LogP contribution in [0.2, 0.25) is 0 Å². The number of alkyl halides is 1. The molecule has 1 unspecified atom stereocenters. The summed E-state index contributed by atoms with van der Waals surface area (Å²) in [6.07, 6.45) is 7.01. The first-order valence-corrected chi connectivity index (χ1v) is 9.86. The predicted molar refractivity (Wildman–Crippen MR) is 98.0 cm³/mol. The summed E-state index contributed by atoms with van der Waals surface area (Å²) in [5.74, 6) is 0.530. The van der Waals surface area contributed by atoms with Gasteiger partial charge in [0.25, 0.3) is 0 Å². The SMILES string of the molecule is CC(CCCCCCBr)CN1C(=O)OC[C@H]1Cc1ccccc1. The van der Waals surface area contributed by atoms with Crippen LogP contribution in [0.1, 0.15) is 44.6 Å². The molecular weight excluding hydrogens is 354 g/mol. The quantitative estimate of drug-likeness (QED) is 0.420. The molecule has 2 atom stereocenters. The third kappa shape index (κ3) is 6.17. The highest BCUT2D eigenvalue weighted by molar-refractivity contribution is 9.09. The van der Waals surface area contributed by atoms with E-state index in [9.17, 15) is 4.79 Å². The van der Waals surface area contributed by atoms with E-state index >= 15 is 0 Å². The van der Waals surface area contributed by atoms with Gasteiger partial charge < -0.3 is 9.64 Å². The number of benzene rings is 1. The molecule has 0 bridgehead atoms. The predicted octanol–water partition coefficient (Wildman–Crippen LogP) is 5.03. The fourth-order valence-electron chi connectivity index (χ4n) is 3.14. The highest BCUT2D eigenvalue weighted by Gasteiger charge is 2.33. The second kappa shape index (κ2) is 9.96.